The van der Waals surface area contributed by atoms with Crippen molar-refractivity contribution in [2.75, 3.05) is 5.32 Å². The van der Waals surface area contributed by atoms with E-state index in [1.807, 2.05) is 24.3 Å². The monoisotopic (exact) mass is 417 g/mol. The fourth-order valence-electron chi connectivity index (χ4n) is 2.85. The number of ether oxygens (including phenoxy) is 1. The molecule has 0 bridgehead atoms. The van der Waals surface area contributed by atoms with Crippen molar-refractivity contribution in [3.05, 3.63) is 78.1 Å². The van der Waals surface area contributed by atoms with Crippen LogP contribution >= 0.6 is 11.3 Å². The quantitative estimate of drug-likeness (QED) is 0.470. The summed E-state index contributed by atoms with van der Waals surface area (Å²) in [6.45, 7) is 3.58. The highest BCUT2D eigenvalue weighted by Crippen LogP contribution is 2.31. The maximum atomic E-state index is 12.4. The van der Waals surface area contributed by atoms with E-state index in [2.05, 4.69) is 28.3 Å². The minimum atomic E-state index is -0.952. The van der Waals surface area contributed by atoms with Crippen LogP contribution in [-0.4, -0.2) is 27.9 Å². The molecule has 4 aromatic rings. The van der Waals surface area contributed by atoms with Crippen molar-refractivity contribution in [2.24, 2.45) is 0 Å². The van der Waals surface area contributed by atoms with Crippen LogP contribution in [0.1, 0.15) is 23.0 Å². The molecule has 4 rings (SSSR count). The summed E-state index contributed by atoms with van der Waals surface area (Å²) in [5, 5.41) is 3.68. The van der Waals surface area contributed by atoms with Crippen LogP contribution in [0.25, 0.3) is 20.8 Å². The van der Waals surface area contributed by atoms with Gasteiger partial charge in [0.05, 0.1) is 10.2 Å². The smallest absolute Gasteiger partial charge is 0.357 e. The molecule has 0 aliphatic rings. The Kier molecular flexibility index (Phi) is 5.54. The number of carbonyl (C=O) groups is 2. The topological polar surface area (TPSA) is 81.2 Å². The number of carbonyl (C=O) groups excluding carboxylic acids is 2. The molecule has 0 unspecified atom stereocenters. The van der Waals surface area contributed by atoms with Gasteiger partial charge in [-0.15, -0.1) is 11.3 Å². The van der Waals surface area contributed by atoms with Gasteiger partial charge in [-0.25, -0.2) is 14.8 Å². The number of rotatable bonds is 5. The van der Waals surface area contributed by atoms with E-state index in [-0.39, 0.29) is 5.69 Å². The Hall–Kier alpha value is -3.58. The summed E-state index contributed by atoms with van der Waals surface area (Å²) in [7, 11) is 0. The molecule has 0 saturated carbocycles. The molecule has 0 fully saturated rings. The fraction of sp³-hybridized carbons (Fsp3) is 0.130. The Labute approximate surface area is 177 Å². The Morgan fingerprint density at radius 3 is 2.60 bits per heavy atom. The van der Waals surface area contributed by atoms with Crippen LogP contribution in [-0.2, 0) is 9.53 Å². The van der Waals surface area contributed by atoms with E-state index in [4.69, 9.17) is 4.74 Å². The number of hydrogen-bond donors (Lipinski definition) is 1. The molecule has 2 aromatic carbocycles. The molecule has 30 heavy (non-hydrogen) atoms. The molecule has 0 saturated heterocycles. The summed E-state index contributed by atoms with van der Waals surface area (Å²) in [5.41, 5.74) is 3.92. The van der Waals surface area contributed by atoms with Crippen LogP contribution < -0.4 is 5.32 Å². The molecule has 0 aliphatic heterocycles. The summed E-state index contributed by atoms with van der Waals surface area (Å²) >= 11 is 1.63. The molecular weight excluding hydrogens is 398 g/mol. The van der Waals surface area contributed by atoms with Crippen LogP contribution in [0.5, 0.6) is 0 Å². The van der Waals surface area contributed by atoms with E-state index in [0.29, 0.717) is 5.69 Å². The SMILES string of the molecule is Cc1ccc2nc(-c3ccc(NC(=O)[C@@H](C)OC(=O)c4ccccn4)cc3)sc2c1. The third-order valence-electron chi connectivity index (χ3n) is 4.47. The summed E-state index contributed by atoms with van der Waals surface area (Å²) < 4.78 is 6.33. The largest absolute Gasteiger partial charge is 0.448 e. The first-order chi connectivity index (χ1) is 14.5. The van der Waals surface area contributed by atoms with Gasteiger partial charge in [0.2, 0.25) is 0 Å². The zero-order valence-electron chi connectivity index (χ0n) is 16.5. The zero-order chi connectivity index (χ0) is 21.1. The molecule has 1 atom stereocenters. The number of amides is 1. The molecular formula is C23H19N3O3S. The summed E-state index contributed by atoms with van der Waals surface area (Å²) in [6.07, 6.45) is 0.543. The molecule has 0 radical (unpaired) electrons. The first-order valence-electron chi connectivity index (χ1n) is 9.40. The van der Waals surface area contributed by atoms with Crippen LogP contribution in [0.15, 0.2) is 66.9 Å². The highest BCUT2D eigenvalue weighted by Gasteiger charge is 2.19. The molecule has 0 aliphatic carbocycles. The van der Waals surface area contributed by atoms with E-state index >= 15 is 0 Å². The van der Waals surface area contributed by atoms with Gasteiger partial charge in [0.25, 0.3) is 5.91 Å². The number of anilines is 1. The van der Waals surface area contributed by atoms with Crippen molar-refractivity contribution in [1.82, 2.24) is 9.97 Å². The average Bonchev–Trinajstić information content (AvgIpc) is 3.18. The molecule has 2 heterocycles. The number of thiazole rings is 1. The van der Waals surface area contributed by atoms with E-state index < -0.39 is 18.0 Å². The Morgan fingerprint density at radius 2 is 1.87 bits per heavy atom. The van der Waals surface area contributed by atoms with Crippen LogP contribution in [0.2, 0.25) is 0 Å². The van der Waals surface area contributed by atoms with Crippen LogP contribution in [0.4, 0.5) is 5.69 Å². The fourth-order valence-corrected chi connectivity index (χ4v) is 3.92. The van der Waals surface area contributed by atoms with Gasteiger partial charge in [0.15, 0.2) is 6.10 Å². The number of hydrogen-bond acceptors (Lipinski definition) is 6. The van der Waals surface area contributed by atoms with Gasteiger partial charge in [-0.2, -0.15) is 0 Å². The number of esters is 1. The van der Waals surface area contributed by atoms with E-state index in [1.165, 1.54) is 24.8 Å². The first kappa shape index (κ1) is 19.7. The molecule has 150 valence electrons. The number of pyridine rings is 1. The van der Waals surface area contributed by atoms with Gasteiger partial charge in [-0.3, -0.25) is 4.79 Å². The zero-order valence-corrected chi connectivity index (χ0v) is 17.3. The Bertz CT molecular complexity index is 1200. The van der Waals surface area contributed by atoms with Crippen molar-refractivity contribution in [3.8, 4) is 10.6 Å². The number of nitrogens with zero attached hydrogens (tertiary/aromatic N) is 2. The number of aromatic nitrogens is 2. The predicted molar refractivity (Wildman–Crippen MR) is 118 cm³/mol. The van der Waals surface area contributed by atoms with Gasteiger partial charge in [-0.05, 0) is 67.9 Å². The number of fused-ring (bicyclic) bond motifs is 1. The maximum absolute atomic E-state index is 12.4. The van der Waals surface area contributed by atoms with Crippen molar-refractivity contribution >= 4 is 39.1 Å². The van der Waals surface area contributed by atoms with Crippen molar-refractivity contribution in [3.63, 3.8) is 0 Å². The Balaban J connectivity index is 1.41. The van der Waals surface area contributed by atoms with Gasteiger partial charge in [0.1, 0.15) is 10.7 Å². The second kappa shape index (κ2) is 8.42. The minimum Gasteiger partial charge on any atom is -0.448 e. The lowest BCUT2D eigenvalue weighted by atomic mass is 10.2. The number of benzene rings is 2. The van der Waals surface area contributed by atoms with Crippen molar-refractivity contribution < 1.29 is 14.3 Å². The van der Waals surface area contributed by atoms with E-state index in [0.717, 1.165) is 20.8 Å². The normalized spacial score (nSPS) is 11.8. The maximum Gasteiger partial charge on any atom is 0.357 e. The van der Waals surface area contributed by atoms with Crippen LogP contribution in [0.3, 0.4) is 0 Å². The molecule has 7 heteroatoms. The summed E-state index contributed by atoms with van der Waals surface area (Å²) in [4.78, 5) is 33.0. The summed E-state index contributed by atoms with van der Waals surface area (Å²) in [6, 6.07) is 18.5. The average molecular weight is 417 g/mol. The highest BCUT2D eigenvalue weighted by molar-refractivity contribution is 7.21. The third-order valence-corrected chi connectivity index (χ3v) is 5.54. The van der Waals surface area contributed by atoms with Gasteiger partial charge in [-0.1, -0.05) is 12.1 Å². The second-order valence-electron chi connectivity index (χ2n) is 6.82. The van der Waals surface area contributed by atoms with Crippen LogP contribution in [0, 0.1) is 6.92 Å². The third kappa shape index (κ3) is 4.36. The lowest BCUT2D eigenvalue weighted by Gasteiger charge is -2.13. The number of aryl methyl sites for hydroxylation is 1. The lowest BCUT2D eigenvalue weighted by molar-refractivity contribution is -0.123. The Morgan fingerprint density at radius 1 is 1.07 bits per heavy atom. The summed E-state index contributed by atoms with van der Waals surface area (Å²) in [5.74, 6) is -1.05. The number of nitrogens with one attached hydrogen (secondary N) is 1. The second-order valence-corrected chi connectivity index (χ2v) is 7.85. The van der Waals surface area contributed by atoms with E-state index in [9.17, 15) is 9.59 Å². The molecule has 0 spiro atoms. The van der Waals surface area contributed by atoms with Gasteiger partial charge >= 0.3 is 5.97 Å². The van der Waals surface area contributed by atoms with Gasteiger partial charge < -0.3 is 10.1 Å². The molecule has 2 aromatic heterocycles. The van der Waals surface area contributed by atoms with E-state index in [1.54, 1.807) is 35.6 Å². The molecule has 6 nitrogen and oxygen atoms in total. The molecule has 1 N–H and O–H groups in total. The standard InChI is InChI=1S/C23H19N3O3S/c1-14-6-11-18-20(13-14)30-22(26-18)16-7-9-17(10-8-16)25-21(27)15(2)29-23(28)19-5-3-4-12-24-19/h3-13,15H,1-2H3,(H,25,27)/t15-/m1/s1. The lowest BCUT2D eigenvalue weighted by Crippen LogP contribution is -2.30. The van der Waals surface area contributed by atoms with Gasteiger partial charge in [0, 0.05) is 17.4 Å². The molecule has 1 amide bonds. The first-order valence-corrected chi connectivity index (χ1v) is 10.2. The highest BCUT2D eigenvalue weighted by atomic mass is 32.1. The minimum absolute atomic E-state index is 0.160. The van der Waals surface area contributed by atoms with Crippen molar-refractivity contribution in [1.29, 1.82) is 0 Å². The van der Waals surface area contributed by atoms with Crippen molar-refractivity contribution in [2.45, 2.75) is 20.0 Å². The predicted octanol–water partition coefficient (Wildman–Crippen LogP) is 4.85.